The van der Waals surface area contributed by atoms with E-state index in [1.54, 1.807) is 0 Å². The van der Waals surface area contributed by atoms with E-state index < -0.39 is 0 Å². The monoisotopic (exact) mass is 354 g/mol. The summed E-state index contributed by atoms with van der Waals surface area (Å²) < 4.78 is 6.45. The molecule has 0 aromatic heterocycles. The van der Waals surface area contributed by atoms with E-state index in [4.69, 9.17) is 4.74 Å². The van der Waals surface area contributed by atoms with Crippen molar-refractivity contribution in [1.29, 1.82) is 0 Å². The van der Waals surface area contributed by atoms with Crippen molar-refractivity contribution in [3.8, 4) is 5.75 Å². The number of nitrogens with zero attached hydrogens (tertiary/aromatic N) is 1. The molecule has 0 radical (unpaired) electrons. The highest BCUT2D eigenvalue weighted by molar-refractivity contribution is 9.10. The third-order valence-electron chi connectivity index (χ3n) is 4.57. The van der Waals surface area contributed by atoms with Gasteiger partial charge in [0.2, 0.25) is 0 Å². The lowest BCUT2D eigenvalue weighted by atomic mass is 9.85. The van der Waals surface area contributed by atoms with E-state index in [1.807, 2.05) is 12.1 Å². The lowest BCUT2D eigenvalue weighted by Crippen LogP contribution is -2.47. The maximum absolute atomic E-state index is 10.4. The maximum Gasteiger partial charge on any atom is 0.121 e. The number of benzene rings is 1. The molecule has 2 heterocycles. The zero-order valence-electron chi connectivity index (χ0n) is 12.2. The van der Waals surface area contributed by atoms with Crippen LogP contribution in [-0.2, 0) is 4.74 Å². The van der Waals surface area contributed by atoms with Crippen molar-refractivity contribution in [2.75, 3.05) is 39.4 Å². The first-order chi connectivity index (χ1) is 10.3. The van der Waals surface area contributed by atoms with E-state index in [-0.39, 0.29) is 0 Å². The summed E-state index contributed by atoms with van der Waals surface area (Å²) in [6.45, 7) is 5.80. The van der Waals surface area contributed by atoms with Crippen molar-refractivity contribution in [1.82, 2.24) is 10.2 Å². The molecule has 3 rings (SSSR count). The number of phenolic OH excluding ortho intramolecular Hbond substituents is 1. The van der Waals surface area contributed by atoms with Crippen LogP contribution >= 0.6 is 15.9 Å². The van der Waals surface area contributed by atoms with Crippen LogP contribution in [0.5, 0.6) is 5.75 Å². The minimum atomic E-state index is 0.295. The molecule has 21 heavy (non-hydrogen) atoms. The van der Waals surface area contributed by atoms with Crippen LogP contribution in [-0.4, -0.2) is 49.4 Å². The number of ether oxygens (including phenoxy) is 1. The smallest absolute Gasteiger partial charge is 0.121 e. The molecule has 0 amide bonds. The fourth-order valence-electron chi connectivity index (χ4n) is 3.51. The quantitative estimate of drug-likeness (QED) is 0.875. The third-order valence-corrected chi connectivity index (χ3v) is 5.06. The Labute approximate surface area is 134 Å². The molecule has 5 heteroatoms. The minimum Gasteiger partial charge on any atom is -0.508 e. The second-order valence-electron chi connectivity index (χ2n) is 5.88. The molecular formula is C16H23BrN2O2. The predicted octanol–water partition coefficient (Wildman–Crippen LogP) is 2.53. The Morgan fingerprint density at radius 3 is 2.62 bits per heavy atom. The van der Waals surface area contributed by atoms with Crippen LogP contribution in [0.3, 0.4) is 0 Å². The van der Waals surface area contributed by atoms with Crippen molar-refractivity contribution in [3.05, 3.63) is 28.2 Å². The summed E-state index contributed by atoms with van der Waals surface area (Å²) >= 11 is 3.43. The van der Waals surface area contributed by atoms with Gasteiger partial charge in [0.05, 0.1) is 0 Å². The number of hydrogen-bond acceptors (Lipinski definition) is 4. The molecule has 1 atom stereocenters. The van der Waals surface area contributed by atoms with Crippen molar-refractivity contribution in [2.45, 2.75) is 18.9 Å². The van der Waals surface area contributed by atoms with Gasteiger partial charge in [0, 0.05) is 55.5 Å². The van der Waals surface area contributed by atoms with E-state index in [9.17, 15) is 5.11 Å². The summed E-state index contributed by atoms with van der Waals surface area (Å²) in [5.74, 6) is 0.961. The molecule has 0 unspecified atom stereocenters. The predicted molar refractivity (Wildman–Crippen MR) is 86.5 cm³/mol. The topological polar surface area (TPSA) is 44.7 Å². The van der Waals surface area contributed by atoms with Crippen LogP contribution in [0.15, 0.2) is 22.7 Å². The summed E-state index contributed by atoms with van der Waals surface area (Å²) in [5, 5.41) is 13.8. The first-order valence-electron chi connectivity index (χ1n) is 7.76. The van der Waals surface area contributed by atoms with Gasteiger partial charge >= 0.3 is 0 Å². The highest BCUT2D eigenvalue weighted by Gasteiger charge is 2.32. The maximum atomic E-state index is 10.4. The molecule has 2 aliphatic rings. The fourth-order valence-corrected chi connectivity index (χ4v) is 3.86. The lowest BCUT2D eigenvalue weighted by molar-refractivity contribution is 0.0206. The van der Waals surface area contributed by atoms with Crippen LogP contribution in [0.1, 0.15) is 24.4 Å². The molecule has 0 saturated carbocycles. The first kappa shape index (κ1) is 15.3. The number of hydrogen-bond donors (Lipinski definition) is 2. The van der Waals surface area contributed by atoms with Crippen molar-refractivity contribution < 1.29 is 9.84 Å². The van der Waals surface area contributed by atoms with Crippen LogP contribution in [0, 0.1) is 5.92 Å². The summed E-state index contributed by atoms with van der Waals surface area (Å²) in [6, 6.07) is 6.21. The molecule has 2 saturated heterocycles. The number of rotatable bonds is 3. The molecule has 0 aliphatic carbocycles. The van der Waals surface area contributed by atoms with Crippen molar-refractivity contribution in [2.24, 2.45) is 5.92 Å². The average molecular weight is 355 g/mol. The molecule has 2 aliphatic heterocycles. The summed E-state index contributed by atoms with van der Waals surface area (Å²) in [4.78, 5) is 2.52. The summed E-state index contributed by atoms with van der Waals surface area (Å²) in [5.41, 5.74) is 1.06. The third kappa shape index (κ3) is 3.59. The van der Waals surface area contributed by atoms with Crippen molar-refractivity contribution in [3.63, 3.8) is 0 Å². The van der Waals surface area contributed by atoms with E-state index in [1.165, 1.54) is 0 Å². The lowest BCUT2D eigenvalue weighted by Gasteiger charge is -2.41. The van der Waals surface area contributed by atoms with Gasteiger partial charge in [-0.3, -0.25) is 4.90 Å². The standard InChI is InChI=1S/C16H23BrN2O2/c17-13-1-2-14(15(20)11-13)16(12-3-9-21-10-4-12)19-7-5-18-6-8-19/h1-2,11-12,16,18,20H,3-10H2/t16-/m1/s1. The summed E-state index contributed by atoms with van der Waals surface area (Å²) in [7, 11) is 0. The van der Waals surface area contributed by atoms with E-state index >= 15 is 0 Å². The van der Waals surface area contributed by atoms with Crippen LogP contribution in [0.25, 0.3) is 0 Å². The fraction of sp³-hybridized carbons (Fsp3) is 0.625. The Kier molecular flexibility index (Phi) is 5.16. The SMILES string of the molecule is Oc1cc(Br)ccc1[C@@H](C1CCOCC1)N1CCNCC1. The number of aromatic hydroxyl groups is 1. The Morgan fingerprint density at radius 1 is 1.24 bits per heavy atom. The van der Waals surface area contributed by atoms with Crippen molar-refractivity contribution >= 4 is 15.9 Å². The van der Waals surface area contributed by atoms with Gasteiger partial charge in [0.25, 0.3) is 0 Å². The molecule has 2 N–H and O–H groups in total. The summed E-state index contributed by atoms with van der Waals surface area (Å²) in [6.07, 6.45) is 2.15. The number of phenols is 1. The van der Waals surface area contributed by atoms with Gasteiger partial charge in [-0.05, 0) is 30.9 Å². The normalized spacial score (nSPS) is 23.1. The second-order valence-corrected chi connectivity index (χ2v) is 6.80. The second kappa shape index (κ2) is 7.09. The Hall–Kier alpha value is -0.620. The van der Waals surface area contributed by atoms with Gasteiger partial charge < -0.3 is 15.2 Å². The number of piperazine rings is 1. The van der Waals surface area contributed by atoms with E-state index in [0.717, 1.165) is 62.3 Å². The Morgan fingerprint density at radius 2 is 1.95 bits per heavy atom. The average Bonchev–Trinajstić information content (AvgIpc) is 2.52. The molecule has 1 aromatic carbocycles. The van der Waals surface area contributed by atoms with E-state index in [2.05, 4.69) is 32.2 Å². The highest BCUT2D eigenvalue weighted by Crippen LogP contribution is 2.39. The zero-order chi connectivity index (χ0) is 14.7. The molecule has 4 nitrogen and oxygen atoms in total. The van der Waals surface area contributed by atoms with E-state index in [0.29, 0.717) is 17.7 Å². The van der Waals surface area contributed by atoms with Gasteiger partial charge in [0.15, 0.2) is 0 Å². The van der Waals surface area contributed by atoms with Crippen LogP contribution in [0.2, 0.25) is 0 Å². The Bertz CT molecular complexity index is 453. The highest BCUT2D eigenvalue weighted by atomic mass is 79.9. The first-order valence-corrected chi connectivity index (χ1v) is 8.56. The number of nitrogens with one attached hydrogen (secondary N) is 1. The minimum absolute atomic E-state index is 0.295. The van der Waals surface area contributed by atoms with Gasteiger partial charge in [-0.2, -0.15) is 0 Å². The Balaban J connectivity index is 1.89. The molecule has 1 aromatic rings. The van der Waals surface area contributed by atoms with Crippen LogP contribution < -0.4 is 5.32 Å². The largest absolute Gasteiger partial charge is 0.508 e. The van der Waals surface area contributed by atoms with Gasteiger partial charge in [-0.15, -0.1) is 0 Å². The molecule has 0 bridgehead atoms. The van der Waals surface area contributed by atoms with Gasteiger partial charge in [-0.25, -0.2) is 0 Å². The van der Waals surface area contributed by atoms with Gasteiger partial charge in [0.1, 0.15) is 5.75 Å². The van der Waals surface area contributed by atoms with Gasteiger partial charge in [-0.1, -0.05) is 22.0 Å². The zero-order valence-corrected chi connectivity index (χ0v) is 13.8. The molecule has 0 spiro atoms. The molecule has 116 valence electrons. The van der Waals surface area contributed by atoms with Crippen LogP contribution in [0.4, 0.5) is 0 Å². The molecular weight excluding hydrogens is 332 g/mol. The number of halogens is 1. The molecule has 2 fully saturated rings.